The van der Waals surface area contributed by atoms with Gasteiger partial charge in [-0.1, -0.05) is 0 Å². The Balaban J connectivity index is 1.54. The minimum absolute atomic E-state index is 0.0659. The Morgan fingerprint density at radius 1 is 1.15 bits per heavy atom. The molecule has 0 aliphatic rings. The number of aromatic nitrogens is 6. The van der Waals surface area contributed by atoms with E-state index in [0.717, 1.165) is 28.3 Å². The first-order chi connectivity index (χ1) is 12.3. The molecule has 26 heavy (non-hydrogen) atoms. The van der Waals surface area contributed by atoms with Crippen molar-refractivity contribution < 1.29 is 9.21 Å². The number of hydrogen-bond donors (Lipinski definition) is 1. The SMILES string of the molecule is Cc1cc(-c2nnc(CCC(=O)NCc3c(C)nn(C)c3C)o2)n(C)n1. The standard InChI is InChI=1S/C17H23N7O2/c1-10-8-14(24(5)21-10)17-20-19-16(26-17)7-6-15(25)18-9-13-11(2)22-23(4)12(13)3/h8H,6-7,9H2,1-5H3,(H,18,25). The summed E-state index contributed by atoms with van der Waals surface area (Å²) in [5.74, 6) is 0.775. The summed E-state index contributed by atoms with van der Waals surface area (Å²) >= 11 is 0. The Morgan fingerprint density at radius 2 is 1.92 bits per heavy atom. The van der Waals surface area contributed by atoms with Crippen molar-refractivity contribution in [2.24, 2.45) is 14.1 Å². The van der Waals surface area contributed by atoms with Gasteiger partial charge in [0.1, 0.15) is 5.69 Å². The van der Waals surface area contributed by atoms with Gasteiger partial charge in [-0.05, 0) is 26.8 Å². The molecule has 0 unspecified atom stereocenters. The molecule has 138 valence electrons. The number of carbonyl (C=O) groups is 1. The van der Waals surface area contributed by atoms with Crippen molar-refractivity contribution in [1.29, 1.82) is 0 Å². The molecule has 0 spiro atoms. The Bertz CT molecular complexity index is 935. The Morgan fingerprint density at radius 3 is 2.54 bits per heavy atom. The lowest BCUT2D eigenvalue weighted by Crippen LogP contribution is -2.23. The van der Waals surface area contributed by atoms with Crippen LogP contribution in [-0.2, 0) is 31.9 Å². The monoisotopic (exact) mass is 357 g/mol. The highest BCUT2D eigenvalue weighted by atomic mass is 16.4. The number of hydrogen-bond acceptors (Lipinski definition) is 6. The molecule has 3 heterocycles. The van der Waals surface area contributed by atoms with Crippen LogP contribution in [0.25, 0.3) is 11.6 Å². The number of nitrogens with zero attached hydrogens (tertiary/aromatic N) is 6. The van der Waals surface area contributed by atoms with Crippen LogP contribution in [0.1, 0.15) is 35.0 Å². The third kappa shape index (κ3) is 3.66. The number of amides is 1. The first kappa shape index (κ1) is 17.8. The minimum Gasteiger partial charge on any atom is -0.419 e. The van der Waals surface area contributed by atoms with Crippen molar-refractivity contribution in [3.8, 4) is 11.6 Å². The molecule has 0 fully saturated rings. The van der Waals surface area contributed by atoms with Gasteiger partial charge in [-0.25, -0.2) is 0 Å². The van der Waals surface area contributed by atoms with Gasteiger partial charge in [0.2, 0.25) is 11.8 Å². The Labute approximate surface area is 151 Å². The maximum absolute atomic E-state index is 12.1. The molecule has 3 rings (SSSR count). The van der Waals surface area contributed by atoms with E-state index in [0.29, 0.717) is 24.7 Å². The number of rotatable bonds is 6. The summed E-state index contributed by atoms with van der Waals surface area (Å²) in [4.78, 5) is 12.1. The molecule has 9 nitrogen and oxygen atoms in total. The third-order valence-electron chi connectivity index (χ3n) is 4.38. The van der Waals surface area contributed by atoms with Crippen molar-refractivity contribution in [3.63, 3.8) is 0 Å². The molecule has 0 saturated heterocycles. The second kappa shape index (κ2) is 7.11. The molecule has 0 aliphatic heterocycles. The van der Waals surface area contributed by atoms with Gasteiger partial charge in [-0.3, -0.25) is 14.2 Å². The van der Waals surface area contributed by atoms with E-state index in [1.54, 1.807) is 4.68 Å². The zero-order chi connectivity index (χ0) is 18.8. The second-order valence-electron chi connectivity index (χ2n) is 6.35. The van der Waals surface area contributed by atoms with Crippen molar-refractivity contribution in [1.82, 2.24) is 35.1 Å². The summed E-state index contributed by atoms with van der Waals surface area (Å²) in [6.07, 6.45) is 0.672. The molecule has 9 heteroatoms. The summed E-state index contributed by atoms with van der Waals surface area (Å²) in [5, 5.41) is 19.6. The fourth-order valence-corrected chi connectivity index (χ4v) is 2.84. The van der Waals surface area contributed by atoms with E-state index in [9.17, 15) is 4.79 Å². The molecule has 1 N–H and O–H groups in total. The van der Waals surface area contributed by atoms with E-state index < -0.39 is 0 Å². The van der Waals surface area contributed by atoms with Crippen LogP contribution < -0.4 is 5.32 Å². The van der Waals surface area contributed by atoms with Crippen LogP contribution in [0.2, 0.25) is 0 Å². The molecular weight excluding hydrogens is 334 g/mol. The molecule has 3 aromatic heterocycles. The average molecular weight is 357 g/mol. The highest BCUT2D eigenvalue weighted by molar-refractivity contribution is 5.76. The number of aryl methyl sites for hydroxylation is 5. The molecular formula is C17H23N7O2. The molecule has 0 saturated carbocycles. The first-order valence-electron chi connectivity index (χ1n) is 8.44. The summed E-state index contributed by atoms with van der Waals surface area (Å²) < 4.78 is 9.15. The Hall–Kier alpha value is -2.97. The van der Waals surface area contributed by atoms with Gasteiger partial charge in [0.25, 0.3) is 5.89 Å². The lowest BCUT2D eigenvalue weighted by Gasteiger charge is -2.05. The number of nitrogens with one attached hydrogen (secondary N) is 1. The van der Waals surface area contributed by atoms with Gasteiger partial charge in [0.15, 0.2) is 0 Å². The average Bonchev–Trinajstić information content (AvgIpc) is 3.24. The summed E-state index contributed by atoms with van der Waals surface area (Å²) in [6.45, 7) is 6.29. The lowest BCUT2D eigenvalue weighted by molar-refractivity contribution is -0.121. The zero-order valence-corrected chi connectivity index (χ0v) is 15.7. The minimum atomic E-state index is -0.0659. The largest absolute Gasteiger partial charge is 0.419 e. The fourth-order valence-electron chi connectivity index (χ4n) is 2.84. The third-order valence-corrected chi connectivity index (χ3v) is 4.38. The smallest absolute Gasteiger partial charge is 0.265 e. The summed E-state index contributed by atoms with van der Waals surface area (Å²) in [7, 11) is 3.71. The first-order valence-corrected chi connectivity index (χ1v) is 8.44. The van der Waals surface area contributed by atoms with Gasteiger partial charge >= 0.3 is 0 Å². The van der Waals surface area contributed by atoms with Gasteiger partial charge in [-0.2, -0.15) is 10.2 Å². The molecule has 0 aromatic carbocycles. The van der Waals surface area contributed by atoms with E-state index in [2.05, 4.69) is 25.7 Å². The zero-order valence-electron chi connectivity index (χ0n) is 15.7. The highest BCUT2D eigenvalue weighted by Crippen LogP contribution is 2.18. The molecule has 0 atom stereocenters. The van der Waals surface area contributed by atoms with Gasteiger partial charge in [0.05, 0.1) is 11.4 Å². The van der Waals surface area contributed by atoms with Crippen LogP contribution in [0.4, 0.5) is 0 Å². The van der Waals surface area contributed by atoms with Crippen LogP contribution in [0.3, 0.4) is 0 Å². The van der Waals surface area contributed by atoms with Crippen molar-refractivity contribution >= 4 is 5.91 Å². The van der Waals surface area contributed by atoms with E-state index in [-0.39, 0.29) is 12.3 Å². The van der Waals surface area contributed by atoms with Gasteiger partial charge < -0.3 is 9.73 Å². The summed E-state index contributed by atoms with van der Waals surface area (Å²) in [5.41, 5.74) is 4.66. The fraction of sp³-hybridized carbons (Fsp3) is 0.471. The maximum Gasteiger partial charge on any atom is 0.265 e. The summed E-state index contributed by atoms with van der Waals surface area (Å²) in [6, 6.07) is 1.88. The Kier molecular flexibility index (Phi) is 4.88. The normalized spacial score (nSPS) is 11.1. The van der Waals surface area contributed by atoms with Crippen LogP contribution in [0.15, 0.2) is 10.5 Å². The number of carbonyl (C=O) groups excluding carboxylic acids is 1. The lowest BCUT2D eigenvalue weighted by atomic mass is 10.2. The predicted octanol–water partition coefficient (Wildman–Crippen LogP) is 1.38. The van der Waals surface area contributed by atoms with Crippen molar-refractivity contribution in [3.05, 3.63) is 34.6 Å². The van der Waals surface area contributed by atoms with Gasteiger partial charge in [0, 0.05) is 44.7 Å². The quantitative estimate of drug-likeness (QED) is 0.715. The molecule has 0 radical (unpaired) electrons. The van der Waals surface area contributed by atoms with E-state index >= 15 is 0 Å². The topological polar surface area (TPSA) is 104 Å². The van der Waals surface area contributed by atoms with E-state index in [1.165, 1.54) is 0 Å². The maximum atomic E-state index is 12.1. The van der Waals surface area contributed by atoms with Gasteiger partial charge in [-0.15, -0.1) is 10.2 Å². The van der Waals surface area contributed by atoms with Crippen LogP contribution in [0.5, 0.6) is 0 Å². The van der Waals surface area contributed by atoms with E-state index in [4.69, 9.17) is 4.42 Å². The second-order valence-corrected chi connectivity index (χ2v) is 6.35. The molecule has 1 amide bonds. The van der Waals surface area contributed by atoms with E-state index in [1.807, 2.05) is 45.6 Å². The van der Waals surface area contributed by atoms with Crippen molar-refractivity contribution in [2.75, 3.05) is 0 Å². The van der Waals surface area contributed by atoms with Crippen LogP contribution >= 0.6 is 0 Å². The molecule has 3 aromatic rings. The highest BCUT2D eigenvalue weighted by Gasteiger charge is 2.15. The molecule has 0 aliphatic carbocycles. The van der Waals surface area contributed by atoms with Crippen LogP contribution in [0, 0.1) is 20.8 Å². The van der Waals surface area contributed by atoms with Crippen LogP contribution in [-0.4, -0.2) is 35.7 Å². The molecule has 0 bridgehead atoms. The van der Waals surface area contributed by atoms with Crippen molar-refractivity contribution in [2.45, 2.75) is 40.2 Å². The predicted molar refractivity (Wildman–Crippen MR) is 94.1 cm³/mol.